The second kappa shape index (κ2) is 11.7. The minimum Gasteiger partial charge on any atom is -0.356 e. The van der Waals surface area contributed by atoms with Crippen LogP contribution < -0.4 is 10.2 Å². The molecule has 1 aromatic rings. The molecule has 0 radical (unpaired) electrons. The monoisotopic (exact) mass is 484 g/mol. The fourth-order valence-electron chi connectivity index (χ4n) is 6.15. The van der Waals surface area contributed by atoms with Gasteiger partial charge < -0.3 is 24.9 Å². The molecular formula is C26H44N8O. The summed E-state index contributed by atoms with van der Waals surface area (Å²) in [5, 5.41) is 3.65. The van der Waals surface area contributed by atoms with Crippen molar-refractivity contribution in [3.63, 3.8) is 0 Å². The second-order valence-electron chi connectivity index (χ2n) is 10.9. The Morgan fingerprint density at radius 2 is 1.57 bits per heavy atom. The molecule has 5 heterocycles. The lowest BCUT2D eigenvalue weighted by Crippen LogP contribution is -2.56. The molecule has 9 heteroatoms. The largest absolute Gasteiger partial charge is 0.356 e. The molecule has 0 aliphatic carbocycles. The van der Waals surface area contributed by atoms with Crippen molar-refractivity contribution < 1.29 is 4.79 Å². The van der Waals surface area contributed by atoms with E-state index in [1.807, 2.05) is 11.1 Å². The first kappa shape index (κ1) is 24.6. The Balaban J connectivity index is 1.11. The molecule has 1 atom stereocenters. The van der Waals surface area contributed by atoms with E-state index in [-0.39, 0.29) is 6.03 Å². The average molecular weight is 485 g/mol. The quantitative estimate of drug-likeness (QED) is 0.704. The van der Waals surface area contributed by atoms with Gasteiger partial charge in [-0.3, -0.25) is 4.90 Å². The highest BCUT2D eigenvalue weighted by Crippen LogP contribution is 2.24. The van der Waals surface area contributed by atoms with Crippen molar-refractivity contribution in [1.29, 1.82) is 0 Å². The minimum absolute atomic E-state index is 0.246. The summed E-state index contributed by atoms with van der Waals surface area (Å²) in [6.45, 7) is 9.83. The fraction of sp³-hybridized carbons (Fsp3) is 0.808. The van der Waals surface area contributed by atoms with E-state index in [4.69, 9.17) is 4.98 Å². The van der Waals surface area contributed by atoms with E-state index in [1.54, 1.807) is 0 Å². The summed E-state index contributed by atoms with van der Waals surface area (Å²) in [5.41, 5.74) is 0. The van der Waals surface area contributed by atoms with Crippen molar-refractivity contribution in [3.05, 3.63) is 12.3 Å². The normalized spacial score (nSPS) is 26.0. The second-order valence-corrected chi connectivity index (χ2v) is 10.9. The van der Waals surface area contributed by atoms with Gasteiger partial charge in [-0.2, -0.15) is 4.98 Å². The Labute approximate surface area is 210 Å². The molecular weight excluding hydrogens is 440 g/mol. The number of piperidine rings is 2. The number of anilines is 2. The van der Waals surface area contributed by atoms with Gasteiger partial charge in [0.1, 0.15) is 5.82 Å². The molecule has 4 aliphatic heterocycles. The number of likely N-dealkylation sites (tertiary alicyclic amines) is 2. The van der Waals surface area contributed by atoms with Gasteiger partial charge in [-0.15, -0.1) is 0 Å². The first-order valence-corrected chi connectivity index (χ1v) is 14.0. The van der Waals surface area contributed by atoms with Gasteiger partial charge >= 0.3 is 6.03 Å². The number of nitrogens with one attached hydrogen (secondary N) is 1. The molecule has 2 amide bonds. The number of rotatable bonds is 4. The van der Waals surface area contributed by atoms with E-state index < -0.39 is 0 Å². The predicted octanol–water partition coefficient (Wildman–Crippen LogP) is 2.57. The molecule has 9 nitrogen and oxygen atoms in total. The van der Waals surface area contributed by atoms with E-state index in [0.29, 0.717) is 12.1 Å². The molecule has 4 aliphatic rings. The van der Waals surface area contributed by atoms with Crippen LogP contribution in [0.1, 0.15) is 51.4 Å². The van der Waals surface area contributed by atoms with E-state index in [2.05, 4.69) is 43.0 Å². The third kappa shape index (κ3) is 6.36. The molecule has 194 valence electrons. The van der Waals surface area contributed by atoms with Gasteiger partial charge in [-0.1, -0.05) is 12.8 Å². The lowest BCUT2D eigenvalue weighted by Gasteiger charge is -2.43. The molecule has 1 unspecified atom stereocenters. The maximum absolute atomic E-state index is 13.0. The average Bonchev–Trinajstić information content (AvgIpc) is 3.19. The van der Waals surface area contributed by atoms with Crippen LogP contribution in [0.5, 0.6) is 0 Å². The number of urea groups is 1. The Morgan fingerprint density at radius 3 is 2.31 bits per heavy atom. The van der Waals surface area contributed by atoms with Crippen molar-refractivity contribution in [3.8, 4) is 0 Å². The lowest BCUT2D eigenvalue weighted by atomic mass is 9.98. The highest BCUT2D eigenvalue weighted by Gasteiger charge is 2.32. The van der Waals surface area contributed by atoms with Crippen LogP contribution >= 0.6 is 0 Å². The Hall–Kier alpha value is -2.13. The first-order valence-electron chi connectivity index (χ1n) is 14.0. The smallest absolute Gasteiger partial charge is 0.320 e. The summed E-state index contributed by atoms with van der Waals surface area (Å²) in [7, 11) is 2.13. The number of carbonyl (C=O) groups is 1. The molecule has 0 bridgehead atoms. The van der Waals surface area contributed by atoms with E-state index in [1.165, 1.54) is 32.1 Å². The predicted molar refractivity (Wildman–Crippen MR) is 140 cm³/mol. The lowest BCUT2D eigenvalue weighted by molar-refractivity contribution is 0.0783. The SMILES string of the molecule is CN1CCN(C(=O)N2CCC(N3CCCC(Nc4nccc(N5CCCCCC5)n4)C3)CC2)CC1. The Bertz CT molecular complexity index is 813. The minimum atomic E-state index is 0.246. The van der Waals surface area contributed by atoms with Crippen LogP contribution in [-0.2, 0) is 0 Å². The molecule has 5 rings (SSSR count). The third-order valence-electron chi connectivity index (χ3n) is 8.38. The molecule has 0 spiro atoms. The van der Waals surface area contributed by atoms with Gasteiger partial charge in [0.25, 0.3) is 0 Å². The number of likely N-dealkylation sites (N-methyl/N-ethyl adjacent to an activating group) is 1. The van der Waals surface area contributed by atoms with Crippen LogP contribution in [0.2, 0.25) is 0 Å². The van der Waals surface area contributed by atoms with E-state index in [9.17, 15) is 4.79 Å². The van der Waals surface area contributed by atoms with E-state index >= 15 is 0 Å². The zero-order valence-corrected chi connectivity index (χ0v) is 21.6. The Morgan fingerprint density at radius 1 is 0.857 bits per heavy atom. The molecule has 0 aromatic carbocycles. The number of aromatic nitrogens is 2. The zero-order chi connectivity index (χ0) is 24.0. The van der Waals surface area contributed by atoms with Crippen molar-refractivity contribution in [2.24, 2.45) is 0 Å². The highest BCUT2D eigenvalue weighted by molar-refractivity contribution is 5.74. The molecule has 0 saturated carbocycles. The van der Waals surface area contributed by atoms with Crippen LogP contribution in [-0.4, -0.2) is 120 Å². The maximum atomic E-state index is 13.0. The molecule has 1 N–H and O–H groups in total. The number of amides is 2. The summed E-state index contributed by atoms with van der Waals surface area (Å²) < 4.78 is 0. The summed E-state index contributed by atoms with van der Waals surface area (Å²) in [6, 6.07) is 3.26. The molecule has 1 aromatic heterocycles. The van der Waals surface area contributed by atoms with Crippen LogP contribution in [0, 0.1) is 0 Å². The standard InChI is InChI=1S/C26H44N8O/c1-30-17-19-33(20-18-30)26(35)32-15-9-23(10-16-32)34-14-6-7-22(21-34)28-25-27-11-8-24(29-25)31-12-4-2-3-5-13-31/h8,11,22-23H,2-7,9-10,12-21H2,1H3,(H,27,28,29). The van der Waals surface area contributed by atoms with Crippen molar-refractivity contribution in [1.82, 2.24) is 29.6 Å². The van der Waals surface area contributed by atoms with E-state index in [0.717, 1.165) is 96.5 Å². The summed E-state index contributed by atoms with van der Waals surface area (Å²) in [4.78, 5) is 33.9. The van der Waals surface area contributed by atoms with Gasteiger partial charge in [-0.05, 0) is 58.2 Å². The van der Waals surface area contributed by atoms with Crippen LogP contribution in [0.15, 0.2) is 12.3 Å². The summed E-state index contributed by atoms with van der Waals surface area (Å²) in [6.07, 6.45) is 11.6. The van der Waals surface area contributed by atoms with Gasteiger partial charge in [0.15, 0.2) is 0 Å². The van der Waals surface area contributed by atoms with Crippen LogP contribution in [0.4, 0.5) is 16.6 Å². The molecule has 4 saturated heterocycles. The number of nitrogens with zero attached hydrogens (tertiary/aromatic N) is 7. The fourth-order valence-corrected chi connectivity index (χ4v) is 6.15. The van der Waals surface area contributed by atoms with Crippen LogP contribution in [0.3, 0.4) is 0 Å². The van der Waals surface area contributed by atoms with Gasteiger partial charge in [-0.25, -0.2) is 9.78 Å². The van der Waals surface area contributed by atoms with Gasteiger partial charge in [0.05, 0.1) is 0 Å². The van der Waals surface area contributed by atoms with Crippen molar-refractivity contribution >= 4 is 17.8 Å². The highest BCUT2D eigenvalue weighted by atomic mass is 16.2. The van der Waals surface area contributed by atoms with Gasteiger partial charge in [0, 0.05) is 77.2 Å². The summed E-state index contributed by atoms with van der Waals surface area (Å²) >= 11 is 0. The third-order valence-corrected chi connectivity index (χ3v) is 8.38. The maximum Gasteiger partial charge on any atom is 0.320 e. The first-order chi connectivity index (χ1) is 17.2. The van der Waals surface area contributed by atoms with Crippen molar-refractivity contribution in [2.45, 2.75) is 63.5 Å². The number of carbonyl (C=O) groups excluding carboxylic acids is 1. The molecule has 35 heavy (non-hydrogen) atoms. The number of hydrogen-bond donors (Lipinski definition) is 1. The Kier molecular flexibility index (Phi) is 8.24. The zero-order valence-electron chi connectivity index (χ0n) is 21.6. The molecule has 4 fully saturated rings. The van der Waals surface area contributed by atoms with Crippen molar-refractivity contribution in [2.75, 3.05) is 82.7 Å². The number of hydrogen-bond acceptors (Lipinski definition) is 7. The van der Waals surface area contributed by atoms with Gasteiger partial charge in [0.2, 0.25) is 5.95 Å². The van der Waals surface area contributed by atoms with Crippen LogP contribution in [0.25, 0.3) is 0 Å². The topological polar surface area (TPSA) is 71.1 Å². The summed E-state index contributed by atoms with van der Waals surface area (Å²) in [5.74, 6) is 1.83. The number of piperazine rings is 1.